The van der Waals surface area contributed by atoms with E-state index in [1.54, 1.807) is 0 Å². The van der Waals surface area contributed by atoms with Gasteiger partial charge in [0.2, 0.25) is 0 Å². The largest absolute Gasteiger partial charge is 0.459 e. The van der Waals surface area contributed by atoms with E-state index in [4.69, 9.17) is 20.8 Å². The molecular formula is C20H24ClN3O3. The lowest BCUT2D eigenvalue weighted by atomic mass is 9.74. The molecule has 0 unspecified atom stereocenters. The molecule has 27 heavy (non-hydrogen) atoms. The molecule has 0 atom stereocenters. The Kier molecular flexibility index (Phi) is 4.30. The lowest BCUT2D eigenvalue weighted by Crippen LogP contribution is -2.52. The predicted molar refractivity (Wildman–Crippen MR) is 104 cm³/mol. The van der Waals surface area contributed by atoms with Crippen molar-refractivity contribution in [1.82, 2.24) is 10.2 Å². The van der Waals surface area contributed by atoms with Crippen LogP contribution in [-0.2, 0) is 16.8 Å². The van der Waals surface area contributed by atoms with Crippen LogP contribution in [0.5, 0.6) is 0 Å². The smallest absolute Gasteiger partial charge is 0.319 e. The van der Waals surface area contributed by atoms with Gasteiger partial charge in [0.05, 0.1) is 36.0 Å². The molecule has 1 spiro atoms. The van der Waals surface area contributed by atoms with Crippen molar-refractivity contribution in [1.29, 1.82) is 0 Å². The van der Waals surface area contributed by atoms with Gasteiger partial charge in [-0.2, -0.15) is 0 Å². The van der Waals surface area contributed by atoms with E-state index in [0.717, 1.165) is 80.8 Å². The number of urea groups is 1. The predicted octanol–water partition coefficient (Wildman–Crippen LogP) is 4.21. The Balaban J connectivity index is 1.61. The summed E-state index contributed by atoms with van der Waals surface area (Å²) in [5, 5.41) is 7.70. The van der Waals surface area contributed by atoms with Gasteiger partial charge >= 0.3 is 6.03 Å². The highest BCUT2D eigenvalue weighted by atomic mass is 35.5. The molecule has 0 radical (unpaired) electrons. The second-order valence-corrected chi connectivity index (χ2v) is 8.26. The minimum Gasteiger partial charge on any atom is -0.459 e. The normalized spacial score (nSPS) is 22.5. The van der Waals surface area contributed by atoms with Crippen molar-refractivity contribution in [3.63, 3.8) is 0 Å². The first-order valence-corrected chi connectivity index (χ1v) is 10.2. The maximum Gasteiger partial charge on any atom is 0.319 e. The number of hydrogen-bond acceptors (Lipinski definition) is 4. The Morgan fingerprint density at radius 1 is 1.15 bits per heavy atom. The molecule has 2 aromatic rings. The summed E-state index contributed by atoms with van der Waals surface area (Å²) in [5.41, 5.74) is 2.21. The zero-order valence-corrected chi connectivity index (χ0v) is 16.0. The van der Waals surface area contributed by atoms with Crippen LogP contribution in [0.25, 0.3) is 11.0 Å². The van der Waals surface area contributed by atoms with Crippen molar-refractivity contribution in [2.75, 3.05) is 31.6 Å². The highest BCUT2D eigenvalue weighted by molar-refractivity contribution is 6.35. The number of morpholine rings is 1. The number of rotatable bonds is 2. The molecule has 7 heteroatoms. The van der Waals surface area contributed by atoms with E-state index in [1.807, 2.05) is 6.07 Å². The summed E-state index contributed by atoms with van der Waals surface area (Å²) in [6, 6.07) is 3.82. The fourth-order valence-corrected chi connectivity index (χ4v) is 5.05. The van der Waals surface area contributed by atoms with Crippen LogP contribution >= 0.6 is 11.6 Å². The Hall–Kier alpha value is -1.76. The summed E-state index contributed by atoms with van der Waals surface area (Å²) in [5.74, 6) is 0.930. The fourth-order valence-electron chi connectivity index (χ4n) is 4.79. The average Bonchev–Trinajstić information content (AvgIpc) is 3.05. The first-order valence-electron chi connectivity index (χ1n) is 9.79. The van der Waals surface area contributed by atoms with Gasteiger partial charge in [-0.25, -0.2) is 4.79 Å². The van der Waals surface area contributed by atoms with Crippen LogP contribution < -0.4 is 10.6 Å². The molecule has 1 saturated carbocycles. The second-order valence-electron chi connectivity index (χ2n) is 7.85. The Morgan fingerprint density at radius 2 is 1.93 bits per heavy atom. The maximum atomic E-state index is 12.3. The number of amides is 2. The molecule has 2 fully saturated rings. The molecule has 0 bridgehead atoms. The van der Waals surface area contributed by atoms with E-state index in [0.29, 0.717) is 10.7 Å². The lowest BCUT2D eigenvalue weighted by Gasteiger charge is -2.42. The number of carbonyl (C=O) groups is 1. The third kappa shape index (κ3) is 3.00. The molecular weight excluding hydrogens is 366 g/mol. The average molecular weight is 390 g/mol. The van der Waals surface area contributed by atoms with Crippen molar-refractivity contribution >= 4 is 34.3 Å². The number of anilines is 1. The Labute approximate surface area is 163 Å². The molecule has 1 aromatic heterocycles. The number of fused-ring (bicyclic) bond motifs is 4. The van der Waals surface area contributed by atoms with Gasteiger partial charge in [0.25, 0.3) is 0 Å². The second kappa shape index (κ2) is 6.69. The molecule has 1 saturated heterocycles. The van der Waals surface area contributed by atoms with Gasteiger partial charge in [-0.05, 0) is 25.0 Å². The van der Waals surface area contributed by atoms with Crippen molar-refractivity contribution in [2.24, 2.45) is 0 Å². The highest BCUT2D eigenvalue weighted by Crippen LogP contribution is 2.49. The SMILES string of the molecule is O=C1Nc2c(Cl)cc3cc(CN4CCOCC4)oc3c2C2(CCCCC2)N1. The van der Waals surface area contributed by atoms with E-state index >= 15 is 0 Å². The van der Waals surface area contributed by atoms with Crippen LogP contribution in [0.4, 0.5) is 10.5 Å². The van der Waals surface area contributed by atoms with Crippen molar-refractivity contribution in [3.05, 3.63) is 28.5 Å². The highest BCUT2D eigenvalue weighted by Gasteiger charge is 2.43. The summed E-state index contributed by atoms with van der Waals surface area (Å²) >= 11 is 6.58. The molecule has 2 amide bonds. The zero-order chi connectivity index (χ0) is 18.4. The first kappa shape index (κ1) is 17.3. The first-order chi connectivity index (χ1) is 13.1. The number of hydrogen-bond donors (Lipinski definition) is 2. The molecule has 1 aliphatic carbocycles. The minimum atomic E-state index is -0.382. The summed E-state index contributed by atoms with van der Waals surface area (Å²) < 4.78 is 11.8. The number of nitrogens with one attached hydrogen (secondary N) is 2. The van der Waals surface area contributed by atoms with Gasteiger partial charge in [-0.1, -0.05) is 30.9 Å². The van der Waals surface area contributed by atoms with Gasteiger partial charge in [0.15, 0.2) is 0 Å². The summed E-state index contributed by atoms with van der Waals surface area (Å²) in [6.45, 7) is 4.12. The number of benzene rings is 1. The molecule has 3 aliphatic rings. The van der Waals surface area contributed by atoms with Gasteiger partial charge < -0.3 is 19.8 Å². The third-order valence-electron chi connectivity index (χ3n) is 6.07. The summed E-state index contributed by atoms with van der Waals surface area (Å²) in [7, 11) is 0. The number of halogens is 1. The van der Waals surface area contributed by atoms with E-state index in [9.17, 15) is 4.79 Å². The number of nitrogens with zero attached hydrogens (tertiary/aromatic N) is 1. The Morgan fingerprint density at radius 3 is 2.70 bits per heavy atom. The van der Waals surface area contributed by atoms with Gasteiger partial charge in [-0.3, -0.25) is 4.90 Å². The fraction of sp³-hybridized carbons (Fsp3) is 0.550. The van der Waals surface area contributed by atoms with Gasteiger partial charge in [0, 0.05) is 24.0 Å². The molecule has 6 nitrogen and oxygen atoms in total. The summed E-state index contributed by atoms with van der Waals surface area (Å²) in [4.78, 5) is 14.7. The van der Waals surface area contributed by atoms with Crippen LogP contribution in [0.1, 0.15) is 43.4 Å². The summed E-state index contributed by atoms with van der Waals surface area (Å²) in [6.07, 6.45) is 5.22. The molecule has 1 aromatic carbocycles. The monoisotopic (exact) mass is 389 g/mol. The molecule has 144 valence electrons. The molecule has 3 heterocycles. The van der Waals surface area contributed by atoms with E-state index in [2.05, 4.69) is 21.6 Å². The van der Waals surface area contributed by atoms with Crippen molar-refractivity contribution in [2.45, 2.75) is 44.2 Å². The van der Waals surface area contributed by atoms with Gasteiger partial charge in [-0.15, -0.1) is 0 Å². The van der Waals surface area contributed by atoms with Crippen LogP contribution in [0, 0.1) is 0 Å². The molecule has 2 N–H and O–H groups in total. The van der Waals surface area contributed by atoms with Crippen molar-refractivity contribution < 1.29 is 13.9 Å². The molecule has 2 aliphatic heterocycles. The quantitative estimate of drug-likeness (QED) is 0.807. The van der Waals surface area contributed by atoms with Gasteiger partial charge in [0.1, 0.15) is 11.3 Å². The number of carbonyl (C=O) groups excluding carboxylic acids is 1. The topological polar surface area (TPSA) is 66.7 Å². The van der Waals surface area contributed by atoms with Crippen LogP contribution in [0.15, 0.2) is 16.5 Å². The van der Waals surface area contributed by atoms with E-state index in [1.165, 1.54) is 6.42 Å². The molecule has 5 rings (SSSR count). The standard InChI is InChI=1S/C20H24ClN3O3/c21-15-11-13-10-14(12-24-6-8-26-9-7-24)27-18(13)16-17(15)22-19(25)23-20(16)4-2-1-3-5-20/h10-11H,1-9,12H2,(H2,22,23,25). The zero-order valence-electron chi connectivity index (χ0n) is 15.3. The number of ether oxygens (including phenoxy) is 1. The van der Waals surface area contributed by atoms with E-state index in [-0.39, 0.29) is 11.6 Å². The minimum absolute atomic E-state index is 0.175. The lowest BCUT2D eigenvalue weighted by molar-refractivity contribution is 0.0315. The van der Waals surface area contributed by atoms with Crippen LogP contribution in [0.3, 0.4) is 0 Å². The third-order valence-corrected chi connectivity index (χ3v) is 6.37. The Bertz CT molecular complexity index is 882. The van der Waals surface area contributed by atoms with Crippen LogP contribution in [0.2, 0.25) is 5.02 Å². The number of furan rings is 1. The van der Waals surface area contributed by atoms with Crippen LogP contribution in [-0.4, -0.2) is 37.2 Å². The van der Waals surface area contributed by atoms with E-state index < -0.39 is 0 Å². The van der Waals surface area contributed by atoms with Crippen molar-refractivity contribution in [3.8, 4) is 0 Å². The maximum absolute atomic E-state index is 12.3.